The van der Waals surface area contributed by atoms with Gasteiger partial charge in [0.05, 0.1) is 22.7 Å². The van der Waals surface area contributed by atoms with Crippen LogP contribution in [0.2, 0.25) is 10.0 Å². The van der Waals surface area contributed by atoms with Crippen molar-refractivity contribution in [1.82, 2.24) is 15.0 Å². The molecule has 4 rings (SSSR count). The van der Waals surface area contributed by atoms with Gasteiger partial charge in [0.1, 0.15) is 23.9 Å². The number of carbonyl (C=O) groups is 1. The number of amides is 1. The first-order valence-corrected chi connectivity index (χ1v) is 11.4. The Bertz CT molecular complexity index is 1110. The molecule has 0 unspecified atom stereocenters. The van der Waals surface area contributed by atoms with Crippen molar-refractivity contribution in [2.45, 2.75) is 20.1 Å². The number of carbonyl (C=O) groups excluding carboxylic acids is 1. The van der Waals surface area contributed by atoms with Crippen LogP contribution in [0.3, 0.4) is 0 Å². The number of hydrogen-bond acceptors (Lipinski definition) is 6. The third kappa shape index (κ3) is 5.61. The molecular formula is C24H25Cl2N3O4. The van der Waals surface area contributed by atoms with E-state index in [1.54, 1.807) is 25.0 Å². The molecule has 7 nitrogen and oxygen atoms in total. The fourth-order valence-corrected chi connectivity index (χ4v) is 4.03. The lowest BCUT2D eigenvalue weighted by Crippen LogP contribution is -2.48. The molecule has 0 spiro atoms. The number of hydrogen-bond donors (Lipinski definition) is 0. The highest BCUT2D eigenvalue weighted by molar-refractivity contribution is 6.42. The molecule has 1 aliphatic heterocycles. The predicted molar refractivity (Wildman–Crippen MR) is 126 cm³/mol. The second-order valence-corrected chi connectivity index (χ2v) is 8.66. The van der Waals surface area contributed by atoms with Gasteiger partial charge in [-0.1, -0.05) is 34.4 Å². The summed E-state index contributed by atoms with van der Waals surface area (Å²) in [5, 5.41) is 5.12. The van der Waals surface area contributed by atoms with Gasteiger partial charge in [0.2, 0.25) is 0 Å². The van der Waals surface area contributed by atoms with Crippen LogP contribution >= 0.6 is 23.2 Å². The number of rotatable bonds is 7. The fourth-order valence-electron chi connectivity index (χ4n) is 3.71. The summed E-state index contributed by atoms with van der Waals surface area (Å²) in [5.74, 6) is 1.85. The highest BCUT2D eigenvalue weighted by Gasteiger charge is 2.28. The molecule has 0 N–H and O–H groups in total. The Morgan fingerprint density at radius 1 is 1.03 bits per heavy atom. The van der Waals surface area contributed by atoms with Crippen LogP contribution in [0, 0.1) is 6.92 Å². The van der Waals surface area contributed by atoms with E-state index < -0.39 is 0 Å². The van der Waals surface area contributed by atoms with Crippen LogP contribution in [0.15, 0.2) is 47.0 Å². The maximum atomic E-state index is 13.2. The molecule has 1 fully saturated rings. The number of aromatic nitrogens is 1. The zero-order chi connectivity index (χ0) is 23.4. The van der Waals surface area contributed by atoms with Gasteiger partial charge in [-0.25, -0.2) is 0 Å². The molecular weight excluding hydrogens is 465 g/mol. The molecule has 0 atom stereocenters. The number of nitrogens with zero attached hydrogens (tertiary/aromatic N) is 3. The van der Waals surface area contributed by atoms with E-state index in [0.717, 1.165) is 30.9 Å². The van der Waals surface area contributed by atoms with Gasteiger partial charge in [-0.15, -0.1) is 0 Å². The van der Waals surface area contributed by atoms with Gasteiger partial charge in [0.15, 0.2) is 5.69 Å². The second kappa shape index (κ2) is 10.5. The molecule has 1 amide bonds. The molecule has 174 valence electrons. The Labute approximate surface area is 202 Å². The van der Waals surface area contributed by atoms with Gasteiger partial charge in [0, 0.05) is 32.7 Å². The third-order valence-corrected chi connectivity index (χ3v) is 6.42. The Kier molecular flexibility index (Phi) is 7.42. The van der Waals surface area contributed by atoms with Crippen molar-refractivity contribution in [3.8, 4) is 11.5 Å². The van der Waals surface area contributed by atoms with Gasteiger partial charge in [-0.05, 0) is 48.9 Å². The first-order valence-electron chi connectivity index (χ1n) is 10.6. The van der Waals surface area contributed by atoms with Crippen LogP contribution in [0.5, 0.6) is 11.5 Å². The van der Waals surface area contributed by atoms with Crippen molar-refractivity contribution in [3.05, 3.63) is 75.1 Å². The van der Waals surface area contributed by atoms with E-state index in [-0.39, 0.29) is 12.5 Å². The van der Waals surface area contributed by atoms with Crippen LogP contribution in [0.4, 0.5) is 0 Å². The minimum atomic E-state index is -0.144. The zero-order valence-corrected chi connectivity index (χ0v) is 20.0. The van der Waals surface area contributed by atoms with Gasteiger partial charge in [-0.3, -0.25) is 9.69 Å². The Hall–Kier alpha value is -2.74. The van der Waals surface area contributed by atoms with Crippen LogP contribution in [-0.4, -0.2) is 54.2 Å². The Morgan fingerprint density at radius 2 is 1.73 bits per heavy atom. The SMILES string of the molecule is COc1ccc(OCc2c(C(=O)N3CCN(Cc4ccc(Cl)c(Cl)c4)CC3)noc2C)cc1. The van der Waals surface area contributed by atoms with Crippen molar-refractivity contribution in [1.29, 1.82) is 0 Å². The molecule has 0 aliphatic carbocycles. The van der Waals surface area contributed by atoms with E-state index in [1.807, 2.05) is 36.4 Å². The lowest BCUT2D eigenvalue weighted by Gasteiger charge is -2.34. The van der Waals surface area contributed by atoms with E-state index in [4.69, 9.17) is 37.2 Å². The summed E-state index contributed by atoms with van der Waals surface area (Å²) < 4.78 is 16.3. The van der Waals surface area contributed by atoms with E-state index >= 15 is 0 Å². The lowest BCUT2D eigenvalue weighted by molar-refractivity contribution is 0.0616. The van der Waals surface area contributed by atoms with E-state index in [9.17, 15) is 4.79 Å². The van der Waals surface area contributed by atoms with Crippen molar-refractivity contribution in [2.24, 2.45) is 0 Å². The first-order chi connectivity index (χ1) is 15.9. The van der Waals surface area contributed by atoms with Gasteiger partial charge >= 0.3 is 0 Å². The summed E-state index contributed by atoms with van der Waals surface area (Å²) in [7, 11) is 1.61. The highest BCUT2D eigenvalue weighted by Crippen LogP contribution is 2.24. The molecule has 3 aromatic rings. The molecule has 1 saturated heterocycles. The maximum absolute atomic E-state index is 13.2. The summed E-state index contributed by atoms with van der Waals surface area (Å²) >= 11 is 12.1. The van der Waals surface area contributed by atoms with Crippen LogP contribution in [-0.2, 0) is 13.2 Å². The summed E-state index contributed by atoms with van der Waals surface area (Å²) in [4.78, 5) is 17.2. The van der Waals surface area contributed by atoms with Gasteiger partial charge in [0.25, 0.3) is 5.91 Å². The largest absolute Gasteiger partial charge is 0.497 e. The Balaban J connectivity index is 1.35. The summed E-state index contributed by atoms with van der Waals surface area (Å²) in [6.45, 7) is 5.44. The zero-order valence-electron chi connectivity index (χ0n) is 18.5. The molecule has 0 radical (unpaired) electrons. The molecule has 9 heteroatoms. The van der Waals surface area contributed by atoms with Gasteiger partial charge in [-0.2, -0.15) is 0 Å². The number of methoxy groups -OCH3 is 1. The normalized spacial score (nSPS) is 14.4. The minimum absolute atomic E-state index is 0.144. The van der Waals surface area contributed by atoms with Gasteiger partial charge < -0.3 is 18.9 Å². The molecule has 0 bridgehead atoms. The topological polar surface area (TPSA) is 68.0 Å². The quantitative estimate of drug-likeness (QED) is 0.473. The van der Waals surface area contributed by atoms with Crippen molar-refractivity contribution >= 4 is 29.1 Å². The third-order valence-electron chi connectivity index (χ3n) is 5.68. The van der Waals surface area contributed by atoms with E-state index in [0.29, 0.717) is 45.9 Å². The number of piperazine rings is 1. The smallest absolute Gasteiger partial charge is 0.276 e. The molecule has 2 heterocycles. The van der Waals surface area contributed by atoms with Crippen LogP contribution < -0.4 is 9.47 Å². The molecule has 1 aromatic heterocycles. The van der Waals surface area contributed by atoms with Crippen molar-refractivity contribution < 1.29 is 18.8 Å². The summed E-state index contributed by atoms with van der Waals surface area (Å²) in [6.07, 6.45) is 0. The first kappa shape index (κ1) is 23.4. The van der Waals surface area contributed by atoms with Crippen LogP contribution in [0.25, 0.3) is 0 Å². The number of halogens is 2. The van der Waals surface area contributed by atoms with E-state index in [1.165, 1.54) is 0 Å². The average molecular weight is 490 g/mol. The van der Waals surface area contributed by atoms with E-state index in [2.05, 4.69) is 10.1 Å². The molecule has 0 saturated carbocycles. The maximum Gasteiger partial charge on any atom is 0.276 e. The summed E-state index contributed by atoms with van der Waals surface area (Å²) in [6, 6.07) is 12.9. The standard InChI is InChI=1S/C24H25Cl2N3O4/c1-16-20(15-32-19-6-4-18(31-2)5-7-19)23(27-33-16)24(30)29-11-9-28(10-12-29)14-17-3-8-21(25)22(26)13-17/h3-8,13H,9-12,14-15H2,1-2H3. The molecule has 33 heavy (non-hydrogen) atoms. The lowest BCUT2D eigenvalue weighted by atomic mass is 10.1. The number of aryl methyl sites for hydroxylation is 1. The Morgan fingerprint density at radius 3 is 2.39 bits per heavy atom. The summed E-state index contributed by atoms with van der Waals surface area (Å²) in [5.41, 5.74) is 2.06. The highest BCUT2D eigenvalue weighted by atomic mass is 35.5. The number of ether oxygens (including phenoxy) is 2. The predicted octanol–water partition coefficient (Wildman–Crippen LogP) is 4.84. The monoisotopic (exact) mass is 489 g/mol. The van der Waals surface area contributed by atoms with Crippen LogP contribution in [0.1, 0.15) is 27.4 Å². The van der Waals surface area contributed by atoms with Crippen molar-refractivity contribution in [3.63, 3.8) is 0 Å². The second-order valence-electron chi connectivity index (χ2n) is 7.85. The van der Waals surface area contributed by atoms with Crippen molar-refractivity contribution in [2.75, 3.05) is 33.3 Å². The molecule has 2 aromatic carbocycles. The fraction of sp³-hybridized carbons (Fsp3) is 0.333. The average Bonchev–Trinajstić information content (AvgIpc) is 3.20. The molecule has 1 aliphatic rings. The minimum Gasteiger partial charge on any atom is -0.497 e. The number of benzene rings is 2.